The Kier molecular flexibility index (Phi) is 8.06. The highest BCUT2D eigenvalue weighted by atomic mass is 32.2. The van der Waals surface area contributed by atoms with E-state index in [0.29, 0.717) is 24.4 Å². The summed E-state index contributed by atoms with van der Waals surface area (Å²) in [5.41, 5.74) is 0.511. The number of amides is 1. The van der Waals surface area contributed by atoms with Gasteiger partial charge in [0.1, 0.15) is 22.9 Å². The number of carbonyl (C=O) groups is 1. The number of ether oxygens (including phenoxy) is 1. The van der Waals surface area contributed by atoms with Crippen LogP contribution >= 0.6 is 0 Å². The molecule has 0 bridgehead atoms. The molecule has 1 amide bonds. The Bertz CT molecular complexity index is 1030. The van der Waals surface area contributed by atoms with Crippen molar-refractivity contribution in [3.8, 4) is 17.6 Å². The molecule has 2 aliphatic rings. The Morgan fingerprint density at radius 2 is 2.03 bits per heavy atom. The summed E-state index contributed by atoms with van der Waals surface area (Å²) < 4.78 is 34.5. The van der Waals surface area contributed by atoms with E-state index in [1.54, 1.807) is 37.9 Å². The van der Waals surface area contributed by atoms with Gasteiger partial charge in [-0.25, -0.2) is 8.42 Å². The van der Waals surface area contributed by atoms with E-state index in [-0.39, 0.29) is 35.6 Å². The quantitative estimate of drug-likeness (QED) is 0.600. The number of nitrogens with zero attached hydrogens (tertiary/aromatic N) is 2. The molecule has 0 saturated heterocycles. The molecule has 0 aromatic heterocycles. The lowest BCUT2D eigenvalue weighted by molar-refractivity contribution is -0.131. The molecular weight excluding hydrogens is 444 g/mol. The first-order valence-corrected chi connectivity index (χ1v) is 12.8. The summed E-state index contributed by atoms with van der Waals surface area (Å²) in [4.78, 5) is 14.2. The largest absolute Gasteiger partial charge is 0.487 e. The third-order valence-corrected chi connectivity index (χ3v) is 8.15. The molecule has 1 aromatic rings. The van der Waals surface area contributed by atoms with Crippen LogP contribution in [0.3, 0.4) is 0 Å². The maximum absolute atomic E-state index is 13.5. The Morgan fingerprint density at radius 3 is 2.64 bits per heavy atom. The van der Waals surface area contributed by atoms with Gasteiger partial charge in [0.2, 0.25) is 15.9 Å². The normalized spacial score (nSPS) is 24.2. The van der Waals surface area contributed by atoms with Gasteiger partial charge in [0.05, 0.1) is 13.2 Å². The minimum Gasteiger partial charge on any atom is -0.487 e. The zero-order chi connectivity index (χ0) is 24.3. The first-order valence-electron chi connectivity index (χ1n) is 11.4. The van der Waals surface area contributed by atoms with E-state index in [1.807, 2.05) is 6.92 Å². The predicted molar refractivity (Wildman–Crippen MR) is 124 cm³/mol. The molecule has 2 N–H and O–H groups in total. The zero-order valence-corrected chi connectivity index (χ0v) is 20.5. The first-order chi connectivity index (χ1) is 15.5. The van der Waals surface area contributed by atoms with Crippen LogP contribution in [0.2, 0.25) is 0 Å². The number of hydrogen-bond donors (Lipinski definition) is 2. The van der Waals surface area contributed by atoms with Crippen LogP contribution in [0.15, 0.2) is 23.1 Å². The molecule has 1 fully saturated rings. The molecule has 4 atom stereocenters. The van der Waals surface area contributed by atoms with E-state index < -0.39 is 28.3 Å². The Labute approximate surface area is 196 Å². The van der Waals surface area contributed by atoms with Crippen LogP contribution in [0.4, 0.5) is 0 Å². The second-order valence-corrected chi connectivity index (χ2v) is 11.1. The summed E-state index contributed by atoms with van der Waals surface area (Å²) in [5.74, 6) is 5.91. The number of aliphatic hydroxyl groups is 2. The van der Waals surface area contributed by atoms with Gasteiger partial charge in [-0.2, -0.15) is 4.31 Å². The van der Waals surface area contributed by atoms with E-state index in [4.69, 9.17) is 4.74 Å². The highest BCUT2D eigenvalue weighted by molar-refractivity contribution is 7.89. The van der Waals surface area contributed by atoms with Crippen molar-refractivity contribution in [2.45, 2.75) is 63.2 Å². The van der Waals surface area contributed by atoms with Gasteiger partial charge in [0.15, 0.2) is 0 Å². The van der Waals surface area contributed by atoms with Gasteiger partial charge in [-0.3, -0.25) is 4.79 Å². The zero-order valence-electron chi connectivity index (χ0n) is 19.7. The molecule has 0 radical (unpaired) electrons. The topological polar surface area (TPSA) is 107 Å². The van der Waals surface area contributed by atoms with Gasteiger partial charge in [-0.1, -0.05) is 18.8 Å². The van der Waals surface area contributed by atoms with E-state index >= 15 is 0 Å². The van der Waals surface area contributed by atoms with Crippen molar-refractivity contribution in [2.24, 2.45) is 11.8 Å². The highest BCUT2D eigenvalue weighted by Gasteiger charge is 2.38. The van der Waals surface area contributed by atoms with Crippen molar-refractivity contribution in [3.05, 3.63) is 23.8 Å². The van der Waals surface area contributed by atoms with Crippen molar-refractivity contribution < 1.29 is 28.2 Å². The van der Waals surface area contributed by atoms with E-state index in [2.05, 4.69) is 11.8 Å². The number of rotatable bonds is 6. The van der Waals surface area contributed by atoms with Crippen LogP contribution in [0.1, 0.15) is 45.6 Å². The van der Waals surface area contributed by atoms with Crippen molar-refractivity contribution in [1.82, 2.24) is 9.21 Å². The van der Waals surface area contributed by atoms with Crippen LogP contribution in [-0.2, 0) is 14.8 Å². The number of benzene rings is 1. The van der Waals surface area contributed by atoms with Crippen LogP contribution in [-0.4, -0.2) is 78.7 Å². The number of sulfonamides is 1. The summed E-state index contributed by atoms with van der Waals surface area (Å²) in [6, 6.07) is 3.96. The fraction of sp³-hybridized carbons (Fsp3) is 0.625. The molecule has 1 heterocycles. The summed E-state index contributed by atoms with van der Waals surface area (Å²) >= 11 is 0. The van der Waals surface area contributed by atoms with Crippen molar-refractivity contribution in [2.75, 3.05) is 26.7 Å². The maximum atomic E-state index is 13.5. The molecule has 33 heavy (non-hydrogen) atoms. The fourth-order valence-electron chi connectivity index (χ4n) is 3.81. The smallest absolute Gasteiger partial charge is 0.247 e. The molecule has 1 aliphatic carbocycles. The molecule has 3 rings (SSSR count). The monoisotopic (exact) mass is 478 g/mol. The van der Waals surface area contributed by atoms with Gasteiger partial charge in [-0.05, 0) is 50.8 Å². The van der Waals surface area contributed by atoms with Crippen molar-refractivity contribution in [1.29, 1.82) is 0 Å². The molecule has 1 saturated carbocycles. The van der Waals surface area contributed by atoms with Gasteiger partial charge in [-0.15, -0.1) is 0 Å². The van der Waals surface area contributed by atoms with Crippen LogP contribution < -0.4 is 4.74 Å². The molecule has 182 valence electrons. The molecule has 0 spiro atoms. The fourth-order valence-corrected chi connectivity index (χ4v) is 5.63. The second-order valence-electron chi connectivity index (χ2n) is 9.27. The Morgan fingerprint density at radius 1 is 1.33 bits per heavy atom. The number of aliphatic hydroxyl groups excluding tert-OH is 2. The summed E-state index contributed by atoms with van der Waals surface area (Å²) in [6.45, 7) is 5.25. The maximum Gasteiger partial charge on any atom is 0.247 e. The van der Waals surface area contributed by atoms with Crippen LogP contribution in [0.25, 0.3) is 0 Å². The Balaban J connectivity index is 1.99. The van der Waals surface area contributed by atoms with Gasteiger partial charge >= 0.3 is 0 Å². The number of carbonyl (C=O) groups excluding carboxylic acids is 1. The van der Waals surface area contributed by atoms with Crippen LogP contribution in [0.5, 0.6) is 5.75 Å². The summed E-state index contributed by atoms with van der Waals surface area (Å²) in [5, 5.41) is 19.2. The standard InChI is InChI=1S/C24H34N2O6S/c1-16-13-26(17(2)15-27)33(30,31)23-10-9-19(6-5-18(3)28)11-21(23)32-22(16)14-25(4)24(29)12-20-7-8-20/h9-11,16-18,20,22,27-28H,7-8,12-15H2,1-4H3/t16-,17+,18+,22-/m1/s1. The number of hydrogen-bond acceptors (Lipinski definition) is 6. The highest BCUT2D eigenvalue weighted by Crippen LogP contribution is 2.35. The average Bonchev–Trinajstić information content (AvgIpc) is 3.57. The molecular formula is C24H34N2O6S. The minimum absolute atomic E-state index is 0.00532. The number of likely N-dealkylation sites (N-methyl/N-ethyl adjacent to an activating group) is 1. The lowest BCUT2D eigenvalue weighted by Crippen LogP contribution is -2.50. The molecule has 1 aromatic carbocycles. The van der Waals surface area contributed by atoms with Crippen molar-refractivity contribution in [3.63, 3.8) is 0 Å². The third kappa shape index (κ3) is 6.27. The molecule has 0 unspecified atom stereocenters. The summed E-state index contributed by atoms with van der Waals surface area (Å²) in [6.07, 6.45) is 1.42. The van der Waals surface area contributed by atoms with E-state index in [9.17, 15) is 23.4 Å². The lowest BCUT2D eigenvalue weighted by Gasteiger charge is -2.37. The predicted octanol–water partition coefficient (Wildman–Crippen LogP) is 1.45. The molecule has 1 aliphatic heterocycles. The van der Waals surface area contributed by atoms with Crippen molar-refractivity contribution >= 4 is 15.9 Å². The Hall–Kier alpha value is -2.12. The second kappa shape index (κ2) is 10.4. The first kappa shape index (κ1) is 25.5. The molecule has 8 nitrogen and oxygen atoms in total. The minimum atomic E-state index is -3.94. The van der Waals surface area contributed by atoms with Gasteiger partial charge < -0.3 is 19.8 Å². The SMILES string of the molecule is C[C@H](O)C#Cc1ccc2c(c1)O[C@H](CN(C)C(=O)CC1CC1)[C@H](C)CN([C@@H](C)CO)S2(=O)=O. The number of fused-ring (bicyclic) bond motifs is 1. The third-order valence-electron chi connectivity index (χ3n) is 6.13. The van der Waals surface area contributed by atoms with Gasteiger partial charge in [0, 0.05) is 37.5 Å². The lowest BCUT2D eigenvalue weighted by atomic mass is 10.0. The summed E-state index contributed by atoms with van der Waals surface area (Å²) in [7, 11) is -2.19. The van der Waals surface area contributed by atoms with E-state index in [0.717, 1.165) is 12.8 Å². The van der Waals surface area contributed by atoms with E-state index in [1.165, 1.54) is 10.4 Å². The average molecular weight is 479 g/mol. The van der Waals surface area contributed by atoms with Gasteiger partial charge in [0.25, 0.3) is 0 Å². The molecule has 9 heteroatoms. The van der Waals surface area contributed by atoms with Crippen LogP contribution in [0, 0.1) is 23.7 Å².